The predicted molar refractivity (Wildman–Crippen MR) is 87.5 cm³/mol. The zero-order chi connectivity index (χ0) is 17.7. The number of aliphatic carboxylic acids is 1. The van der Waals surface area contributed by atoms with Gasteiger partial charge in [-0.05, 0) is 24.6 Å². The summed E-state index contributed by atoms with van der Waals surface area (Å²) in [4.78, 5) is 22.6. The van der Waals surface area contributed by atoms with Gasteiger partial charge in [-0.25, -0.2) is 4.39 Å². The van der Waals surface area contributed by atoms with Crippen LogP contribution >= 0.6 is 11.6 Å². The van der Waals surface area contributed by atoms with Crippen molar-refractivity contribution in [1.82, 2.24) is 15.1 Å². The van der Waals surface area contributed by atoms with Gasteiger partial charge >= 0.3 is 5.97 Å². The lowest BCUT2D eigenvalue weighted by atomic mass is 10.1. The van der Waals surface area contributed by atoms with Crippen LogP contribution in [0, 0.1) is 5.82 Å². The molecule has 0 fully saturated rings. The van der Waals surface area contributed by atoms with Crippen molar-refractivity contribution in [2.45, 2.75) is 26.3 Å². The molecule has 6 nitrogen and oxygen atoms in total. The molecule has 0 radical (unpaired) electrons. The van der Waals surface area contributed by atoms with E-state index in [1.54, 1.807) is 4.68 Å². The zero-order valence-corrected chi connectivity index (χ0v) is 13.8. The maximum atomic E-state index is 13.9. The lowest BCUT2D eigenvalue weighted by molar-refractivity contribution is -0.136. The van der Waals surface area contributed by atoms with Gasteiger partial charge in [-0.3, -0.25) is 14.3 Å². The molecular weight excluding hydrogens is 337 g/mol. The summed E-state index contributed by atoms with van der Waals surface area (Å²) in [6, 6.07) is 3.88. The normalized spacial score (nSPS) is 10.6. The number of carboxylic acids is 1. The molecule has 0 spiro atoms. The first-order valence-corrected chi connectivity index (χ1v) is 7.82. The van der Waals surface area contributed by atoms with Gasteiger partial charge in [0.2, 0.25) is 0 Å². The van der Waals surface area contributed by atoms with Gasteiger partial charge < -0.3 is 10.4 Å². The fourth-order valence-corrected chi connectivity index (χ4v) is 2.52. The molecule has 2 rings (SSSR count). The highest BCUT2D eigenvalue weighted by molar-refractivity contribution is 6.33. The fraction of sp³-hybridized carbons (Fsp3) is 0.312. The number of hydrogen-bond donors (Lipinski definition) is 2. The van der Waals surface area contributed by atoms with Crippen LogP contribution in [0.25, 0.3) is 11.3 Å². The highest BCUT2D eigenvalue weighted by Gasteiger charge is 2.15. The van der Waals surface area contributed by atoms with Gasteiger partial charge in [0, 0.05) is 24.2 Å². The van der Waals surface area contributed by atoms with Gasteiger partial charge in [-0.2, -0.15) is 5.10 Å². The summed E-state index contributed by atoms with van der Waals surface area (Å²) in [5.74, 6) is -2.16. The van der Waals surface area contributed by atoms with E-state index in [0.717, 1.165) is 12.5 Å². The molecule has 2 N–H and O–H groups in total. The van der Waals surface area contributed by atoms with Gasteiger partial charge in [0.1, 0.15) is 5.82 Å². The lowest BCUT2D eigenvalue weighted by Gasteiger charge is -2.10. The molecule has 0 atom stereocenters. The SMILES string of the molecule is CCCn1ncc(Cl)c1-c1cc(F)cc(C(=O)NCCC(=O)O)c1. The van der Waals surface area contributed by atoms with Crippen LogP contribution in [0.5, 0.6) is 0 Å². The molecule has 24 heavy (non-hydrogen) atoms. The monoisotopic (exact) mass is 353 g/mol. The Morgan fingerprint density at radius 3 is 2.79 bits per heavy atom. The highest BCUT2D eigenvalue weighted by Crippen LogP contribution is 2.29. The quantitative estimate of drug-likeness (QED) is 0.801. The van der Waals surface area contributed by atoms with Crippen LogP contribution in [0.4, 0.5) is 4.39 Å². The molecule has 0 bridgehead atoms. The Balaban J connectivity index is 2.30. The molecule has 1 amide bonds. The van der Waals surface area contributed by atoms with Crippen molar-refractivity contribution in [3.63, 3.8) is 0 Å². The minimum absolute atomic E-state index is 0.0332. The summed E-state index contributed by atoms with van der Waals surface area (Å²) in [7, 11) is 0. The van der Waals surface area contributed by atoms with E-state index in [-0.39, 0.29) is 18.5 Å². The third kappa shape index (κ3) is 4.32. The van der Waals surface area contributed by atoms with Gasteiger partial charge in [0.05, 0.1) is 23.3 Å². The van der Waals surface area contributed by atoms with Crippen LogP contribution in [0.1, 0.15) is 30.1 Å². The van der Waals surface area contributed by atoms with Crippen LogP contribution in [-0.2, 0) is 11.3 Å². The fourth-order valence-electron chi connectivity index (χ4n) is 2.27. The van der Waals surface area contributed by atoms with E-state index in [4.69, 9.17) is 16.7 Å². The molecule has 0 saturated carbocycles. The van der Waals surface area contributed by atoms with Gasteiger partial charge in [-0.1, -0.05) is 18.5 Å². The number of benzene rings is 1. The molecule has 0 aliphatic heterocycles. The average Bonchev–Trinajstić information content (AvgIpc) is 2.87. The molecule has 0 aliphatic rings. The molecule has 1 aromatic carbocycles. The Kier molecular flexibility index (Phi) is 5.92. The van der Waals surface area contributed by atoms with E-state index in [1.165, 1.54) is 18.3 Å². The van der Waals surface area contributed by atoms with Gasteiger partial charge in [0.25, 0.3) is 5.91 Å². The largest absolute Gasteiger partial charge is 0.481 e. The van der Waals surface area contributed by atoms with Crippen molar-refractivity contribution in [1.29, 1.82) is 0 Å². The third-order valence-electron chi connectivity index (χ3n) is 3.29. The maximum absolute atomic E-state index is 13.9. The first-order valence-electron chi connectivity index (χ1n) is 7.44. The van der Waals surface area contributed by atoms with Crippen LogP contribution in [0.15, 0.2) is 24.4 Å². The molecular formula is C16H17ClFN3O3. The van der Waals surface area contributed by atoms with Crippen molar-refractivity contribution in [2.75, 3.05) is 6.54 Å². The second-order valence-electron chi connectivity index (χ2n) is 5.19. The number of carbonyl (C=O) groups is 2. The third-order valence-corrected chi connectivity index (χ3v) is 3.56. The van der Waals surface area contributed by atoms with Gasteiger partial charge in [0.15, 0.2) is 0 Å². The number of hydrogen-bond acceptors (Lipinski definition) is 3. The molecule has 0 unspecified atom stereocenters. The van der Waals surface area contributed by atoms with Crippen LogP contribution in [0.2, 0.25) is 5.02 Å². The van der Waals surface area contributed by atoms with Crippen LogP contribution in [-0.4, -0.2) is 33.3 Å². The number of nitrogens with zero attached hydrogens (tertiary/aromatic N) is 2. The molecule has 0 aliphatic carbocycles. The van der Waals surface area contributed by atoms with Crippen molar-refractivity contribution < 1.29 is 19.1 Å². The standard InChI is InChI=1S/C16H17ClFN3O3/c1-2-5-21-15(13(17)9-20-21)10-6-11(8-12(18)7-10)16(24)19-4-3-14(22)23/h6-9H,2-5H2,1H3,(H,19,24)(H,22,23). The first kappa shape index (κ1) is 17.9. The number of nitrogens with one attached hydrogen (secondary N) is 1. The van der Waals surface area contributed by atoms with E-state index in [0.29, 0.717) is 22.8 Å². The van der Waals surface area contributed by atoms with E-state index >= 15 is 0 Å². The van der Waals surface area contributed by atoms with E-state index in [2.05, 4.69) is 10.4 Å². The average molecular weight is 354 g/mol. The lowest BCUT2D eigenvalue weighted by Crippen LogP contribution is -2.26. The molecule has 2 aromatic rings. The Bertz CT molecular complexity index is 761. The smallest absolute Gasteiger partial charge is 0.305 e. The number of halogens is 2. The van der Waals surface area contributed by atoms with Crippen molar-refractivity contribution in [3.8, 4) is 11.3 Å². The maximum Gasteiger partial charge on any atom is 0.305 e. The summed E-state index contributed by atoms with van der Waals surface area (Å²) < 4.78 is 15.6. The molecule has 128 valence electrons. The van der Waals surface area contributed by atoms with Crippen LogP contribution in [0.3, 0.4) is 0 Å². The second-order valence-corrected chi connectivity index (χ2v) is 5.60. The Labute approximate surface area is 143 Å². The number of carbonyl (C=O) groups excluding carboxylic acids is 1. The highest BCUT2D eigenvalue weighted by atomic mass is 35.5. The Hall–Kier alpha value is -2.41. The zero-order valence-electron chi connectivity index (χ0n) is 13.1. The van der Waals surface area contributed by atoms with Gasteiger partial charge in [-0.15, -0.1) is 0 Å². The number of aromatic nitrogens is 2. The molecule has 0 saturated heterocycles. The Morgan fingerprint density at radius 2 is 2.12 bits per heavy atom. The second kappa shape index (κ2) is 7.92. The number of aryl methyl sites for hydroxylation is 1. The van der Waals surface area contributed by atoms with Crippen molar-refractivity contribution in [2.24, 2.45) is 0 Å². The van der Waals surface area contributed by atoms with E-state index < -0.39 is 17.7 Å². The topological polar surface area (TPSA) is 84.2 Å². The summed E-state index contributed by atoms with van der Waals surface area (Å²) in [5.41, 5.74) is 1.07. The van der Waals surface area contributed by atoms with Crippen molar-refractivity contribution in [3.05, 3.63) is 40.8 Å². The predicted octanol–water partition coefficient (Wildman–Crippen LogP) is 2.96. The summed E-state index contributed by atoms with van der Waals surface area (Å²) in [6.45, 7) is 2.56. The number of carboxylic acid groups (broad SMARTS) is 1. The van der Waals surface area contributed by atoms with E-state index in [1.807, 2.05) is 6.92 Å². The summed E-state index contributed by atoms with van der Waals surface area (Å²) in [6.07, 6.45) is 2.09. The number of amides is 1. The summed E-state index contributed by atoms with van der Waals surface area (Å²) in [5, 5.41) is 15.5. The molecule has 8 heteroatoms. The minimum atomic E-state index is -1.02. The van der Waals surface area contributed by atoms with Crippen molar-refractivity contribution >= 4 is 23.5 Å². The first-order chi connectivity index (χ1) is 11.4. The molecule has 1 heterocycles. The Morgan fingerprint density at radius 1 is 1.38 bits per heavy atom. The number of rotatable bonds is 7. The summed E-state index contributed by atoms with van der Waals surface area (Å²) >= 11 is 6.15. The minimum Gasteiger partial charge on any atom is -0.481 e. The van der Waals surface area contributed by atoms with E-state index in [9.17, 15) is 14.0 Å². The molecule has 1 aromatic heterocycles. The van der Waals surface area contributed by atoms with Crippen LogP contribution < -0.4 is 5.32 Å².